The summed E-state index contributed by atoms with van der Waals surface area (Å²) >= 11 is 0. The molecule has 0 saturated carbocycles. The number of nitrogens with zero attached hydrogens (tertiary/aromatic N) is 2. The number of hydrogen-bond acceptors (Lipinski definition) is 6. The minimum Gasteiger partial charge on any atom is -0.457 e. The van der Waals surface area contributed by atoms with Gasteiger partial charge in [-0.15, -0.1) is 0 Å². The molecule has 0 unspecified atom stereocenters. The Bertz CT molecular complexity index is 1160. The molecule has 186 valence electrons. The fourth-order valence-electron chi connectivity index (χ4n) is 4.46. The third-order valence-electron chi connectivity index (χ3n) is 6.54. The summed E-state index contributed by atoms with van der Waals surface area (Å²) in [6, 6.07) is 15.5. The fraction of sp³-hybridized carbons (Fsp3) is 0.423. The standard InChI is InChI=1S/C26H30N2O6S/c29-24(21-9-11-23(12-10-21)35(32,33)28-14-5-2-6-15-28)19-34-26(31)22-17-25(30)27(18-22)16-13-20-7-3-1-4-8-20/h1,3-4,7-12,22H,2,5-6,13-19H2/t22-/m0/s1. The van der Waals surface area contributed by atoms with Gasteiger partial charge in [0.1, 0.15) is 0 Å². The number of ether oxygens (including phenoxy) is 1. The van der Waals surface area contributed by atoms with Gasteiger partial charge in [0.15, 0.2) is 12.4 Å². The van der Waals surface area contributed by atoms with Crippen LogP contribution in [0.2, 0.25) is 0 Å². The van der Waals surface area contributed by atoms with Gasteiger partial charge in [-0.25, -0.2) is 8.42 Å². The minimum atomic E-state index is -3.57. The van der Waals surface area contributed by atoms with Gasteiger partial charge in [-0.2, -0.15) is 4.31 Å². The molecule has 8 nitrogen and oxygen atoms in total. The number of piperidine rings is 1. The van der Waals surface area contributed by atoms with Crippen LogP contribution < -0.4 is 0 Å². The number of rotatable bonds is 9. The second kappa shape index (κ2) is 11.1. The molecule has 9 heteroatoms. The number of amides is 1. The predicted molar refractivity (Wildman–Crippen MR) is 129 cm³/mol. The van der Waals surface area contributed by atoms with Crippen LogP contribution >= 0.6 is 0 Å². The summed E-state index contributed by atoms with van der Waals surface area (Å²) in [5, 5.41) is 0. The summed E-state index contributed by atoms with van der Waals surface area (Å²) in [7, 11) is -3.57. The summed E-state index contributed by atoms with van der Waals surface area (Å²) in [4.78, 5) is 39.1. The lowest BCUT2D eigenvalue weighted by Crippen LogP contribution is -2.35. The van der Waals surface area contributed by atoms with Crippen LogP contribution in [0, 0.1) is 5.92 Å². The number of ketones is 1. The summed E-state index contributed by atoms with van der Waals surface area (Å²) < 4.78 is 32.2. The van der Waals surface area contributed by atoms with Crippen molar-refractivity contribution in [2.75, 3.05) is 32.8 Å². The maximum Gasteiger partial charge on any atom is 0.311 e. The van der Waals surface area contributed by atoms with Crippen LogP contribution in [0.25, 0.3) is 0 Å². The second-order valence-electron chi connectivity index (χ2n) is 9.00. The zero-order valence-corrected chi connectivity index (χ0v) is 20.4. The molecule has 1 amide bonds. The molecule has 2 heterocycles. The zero-order chi connectivity index (χ0) is 24.8. The van der Waals surface area contributed by atoms with Crippen molar-refractivity contribution in [1.82, 2.24) is 9.21 Å². The van der Waals surface area contributed by atoms with Crippen molar-refractivity contribution < 1.29 is 27.5 Å². The topological polar surface area (TPSA) is 101 Å². The van der Waals surface area contributed by atoms with Gasteiger partial charge in [0, 0.05) is 38.2 Å². The summed E-state index contributed by atoms with van der Waals surface area (Å²) in [5.74, 6) is -1.69. The molecular formula is C26H30N2O6S. The van der Waals surface area contributed by atoms with E-state index in [0.29, 0.717) is 26.1 Å². The largest absolute Gasteiger partial charge is 0.457 e. The van der Waals surface area contributed by atoms with Crippen molar-refractivity contribution in [1.29, 1.82) is 0 Å². The molecule has 2 aromatic carbocycles. The van der Waals surface area contributed by atoms with Gasteiger partial charge in [-0.1, -0.05) is 36.8 Å². The number of benzene rings is 2. The normalized spacial score (nSPS) is 19.0. The van der Waals surface area contributed by atoms with Crippen molar-refractivity contribution in [3.63, 3.8) is 0 Å². The third kappa shape index (κ3) is 6.15. The highest BCUT2D eigenvalue weighted by molar-refractivity contribution is 7.89. The van der Waals surface area contributed by atoms with Crippen LogP contribution in [-0.4, -0.2) is 68.1 Å². The molecular weight excluding hydrogens is 468 g/mol. The number of carbonyl (C=O) groups excluding carboxylic acids is 3. The molecule has 35 heavy (non-hydrogen) atoms. The van der Waals surface area contributed by atoms with Crippen molar-refractivity contribution in [2.45, 2.75) is 37.0 Å². The highest BCUT2D eigenvalue weighted by Crippen LogP contribution is 2.22. The number of esters is 1. The SMILES string of the molecule is O=C(COC(=O)[C@H]1CC(=O)N(CCc2ccccc2)C1)c1ccc(S(=O)(=O)N2CCCCC2)cc1. The summed E-state index contributed by atoms with van der Waals surface area (Å²) in [5.41, 5.74) is 1.38. The van der Waals surface area contributed by atoms with Crippen molar-refractivity contribution in [3.8, 4) is 0 Å². The first kappa shape index (κ1) is 25.1. The Labute approximate surface area is 205 Å². The Morgan fingerprint density at radius 2 is 1.63 bits per heavy atom. The number of sulfonamides is 1. The maximum atomic E-state index is 12.8. The van der Waals surface area contributed by atoms with E-state index >= 15 is 0 Å². The van der Waals surface area contributed by atoms with Crippen LogP contribution in [0.15, 0.2) is 59.5 Å². The Balaban J connectivity index is 1.26. The lowest BCUT2D eigenvalue weighted by molar-refractivity contribution is -0.147. The Hall–Kier alpha value is -3.04. The van der Waals surface area contributed by atoms with E-state index < -0.39 is 34.3 Å². The molecule has 0 N–H and O–H groups in total. The molecule has 0 bridgehead atoms. The molecule has 4 rings (SSSR count). The van der Waals surface area contributed by atoms with E-state index in [-0.39, 0.29) is 29.3 Å². The van der Waals surface area contributed by atoms with E-state index in [4.69, 9.17) is 4.74 Å². The van der Waals surface area contributed by atoms with Crippen molar-refractivity contribution in [3.05, 3.63) is 65.7 Å². The highest BCUT2D eigenvalue weighted by Gasteiger charge is 2.35. The number of Topliss-reactive ketones (excluding diaryl/α,β-unsaturated/α-hetero) is 1. The summed E-state index contributed by atoms with van der Waals surface area (Å²) in [6.45, 7) is 1.37. The van der Waals surface area contributed by atoms with Crippen molar-refractivity contribution >= 4 is 27.7 Å². The van der Waals surface area contributed by atoms with Gasteiger partial charge in [0.05, 0.1) is 10.8 Å². The van der Waals surface area contributed by atoms with E-state index in [2.05, 4.69) is 0 Å². The quantitative estimate of drug-likeness (QED) is 0.389. The Morgan fingerprint density at radius 1 is 0.943 bits per heavy atom. The van der Waals surface area contributed by atoms with Gasteiger partial charge in [-0.05, 0) is 49.1 Å². The predicted octanol–water partition coefficient (Wildman–Crippen LogP) is 2.68. The number of hydrogen-bond donors (Lipinski definition) is 0. The highest BCUT2D eigenvalue weighted by atomic mass is 32.2. The first-order valence-corrected chi connectivity index (χ1v) is 13.4. The van der Waals surface area contributed by atoms with E-state index in [1.165, 1.54) is 28.6 Å². The van der Waals surface area contributed by atoms with Crippen LogP contribution in [-0.2, 0) is 30.8 Å². The van der Waals surface area contributed by atoms with Crippen molar-refractivity contribution in [2.24, 2.45) is 5.92 Å². The van der Waals surface area contributed by atoms with Gasteiger partial charge in [0.2, 0.25) is 15.9 Å². The Kier molecular flexibility index (Phi) is 7.97. The third-order valence-corrected chi connectivity index (χ3v) is 8.45. The smallest absolute Gasteiger partial charge is 0.311 e. The van der Waals surface area contributed by atoms with Crippen LogP contribution in [0.4, 0.5) is 0 Å². The first-order chi connectivity index (χ1) is 16.8. The van der Waals surface area contributed by atoms with Crippen LogP contribution in [0.3, 0.4) is 0 Å². The first-order valence-electron chi connectivity index (χ1n) is 12.0. The molecule has 2 aromatic rings. The fourth-order valence-corrected chi connectivity index (χ4v) is 5.98. The average molecular weight is 499 g/mol. The second-order valence-corrected chi connectivity index (χ2v) is 10.9. The molecule has 0 aromatic heterocycles. The number of carbonyl (C=O) groups is 3. The van der Waals surface area contributed by atoms with E-state index in [0.717, 1.165) is 24.8 Å². The van der Waals surface area contributed by atoms with Gasteiger partial charge in [0.25, 0.3) is 0 Å². The van der Waals surface area contributed by atoms with Gasteiger partial charge in [-0.3, -0.25) is 14.4 Å². The Morgan fingerprint density at radius 3 is 2.31 bits per heavy atom. The average Bonchev–Trinajstić information content (AvgIpc) is 3.27. The van der Waals surface area contributed by atoms with Crippen LogP contribution in [0.5, 0.6) is 0 Å². The van der Waals surface area contributed by atoms with Gasteiger partial charge >= 0.3 is 5.97 Å². The van der Waals surface area contributed by atoms with E-state index in [9.17, 15) is 22.8 Å². The minimum absolute atomic E-state index is 0.0743. The van der Waals surface area contributed by atoms with Gasteiger partial charge < -0.3 is 9.64 Å². The zero-order valence-electron chi connectivity index (χ0n) is 19.6. The maximum absolute atomic E-state index is 12.8. The van der Waals surface area contributed by atoms with E-state index in [1.54, 1.807) is 4.90 Å². The molecule has 2 aliphatic rings. The van der Waals surface area contributed by atoms with Crippen LogP contribution in [0.1, 0.15) is 41.6 Å². The summed E-state index contributed by atoms with van der Waals surface area (Å²) in [6.07, 6.45) is 3.50. The molecule has 0 radical (unpaired) electrons. The molecule has 1 atom stereocenters. The monoisotopic (exact) mass is 498 g/mol. The molecule has 0 aliphatic carbocycles. The molecule has 2 fully saturated rings. The lowest BCUT2D eigenvalue weighted by atomic mass is 10.1. The van der Waals surface area contributed by atoms with E-state index in [1.807, 2.05) is 30.3 Å². The molecule has 2 saturated heterocycles. The lowest BCUT2D eigenvalue weighted by Gasteiger charge is -2.25. The molecule has 2 aliphatic heterocycles. The number of likely N-dealkylation sites (tertiary alicyclic amines) is 1. The molecule has 0 spiro atoms.